The SMILES string of the molecule is COc1ccc(N(C)c2ccc(N(c3ccc(-c4ccccc4)cc3)c3ccc4ccccc4c3)cc2)cc1.COc1cccc(N(C)c2ccc(N(c3ccc(-c4ccccc4)cc3)c3ccc4ccccc4c3)cc2)c1.Cc1cccc(N(C)c2ccc(N(c3ccc(-c4ccccc4)cc3)c3ccc4ccccc4c3)cc2)c1. The molecule has 18 aromatic carbocycles. The van der Waals surface area contributed by atoms with Crippen molar-refractivity contribution in [2.45, 2.75) is 6.92 Å². The average molecular weight is 1500 g/mol. The zero-order chi connectivity index (χ0) is 79.1. The van der Waals surface area contributed by atoms with E-state index in [1.165, 1.54) is 76.9 Å². The van der Waals surface area contributed by atoms with E-state index >= 15 is 0 Å². The quantitative estimate of drug-likeness (QED) is 0.0747. The zero-order valence-electron chi connectivity index (χ0n) is 66.1. The summed E-state index contributed by atoms with van der Waals surface area (Å²) >= 11 is 0. The highest BCUT2D eigenvalue weighted by Gasteiger charge is 2.20. The van der Waals surface area contributed by atoms with Crippen molar-refractivity contribution in [3.63, 3.8) is 0 Å². The van der Waals surface area contributed by atoms with Crippen LogP contribution in [0.25, 0.3) is 65.7 Å². The van der Waals surface area contributed by atoms with E-state index in [4.69, 9.17) is 9.47 Å². The van der Waals surface area contributed by atoms with Gasteiger partial charge >= 0.3 is 0 Å². The van der Waals surface area contributed by atoms with E-state index in [1.54, 1.807) is 14.2 Å². The molecule has 564 valence electrons. The lowest BCUT2D eigenvalue weighted by Gasteiger charge is -2.27. The Kier molecular flexibility index (Phi) is 22.8. The second-order valence-corrected chi connectivity index (χ2v) is 28.8. The summed E-state index contributed by atoms with van der Waals surface area (Å²) in [7, 11) is 9.66. The zero-order valence-corrected chi connectivity index (χ0v) is 66.1. The van der Waals surface area contributed by atoms with Crippen LogP contribution in [0.15, 0.2) is 437 Å². The summed E-state index contributed by atoms with van der Waals surface area (Å²) in [6.45, 7) is 2.13. The molecule has 0 saturated carbocycles. The van der Waals surface area contributed by atoms with Crippen LogP contribution >= 0.6 is 0 Å². The van der Waals surface area contributed by atoms with E-state index in [9.17, 15) is 0 Å². The number of ether oxygens (including phenoxy) is 2. The lowest BCUT2D eigenvalue weighted by Crippen LogP contribution is -2.12. The van der Waals surface area contributed by atoms with E-state index in [0.717, 1.165) is 91.1 Å². The van der Waals surface area contributed by atoms with Crippen LogP contribution in [-0.4, -0.2) is 35.4 Å². The first kappa shape index (κ1) is 75.2. The van der Waals surface area contributed by atoms with E-state index < -0.39 is 0 Å². The third-order valence-corrected chi connectivity index (χ3v) is 21.4. The fourth-order valence-corrected chi connectivity index (χ4v) is 15.0. The molecule has 0 N–H and O–H groups in total. The van der Waals surface area contributed by atoms with Crippen LogP contribution in [0.3, 0.4) is 0 Å². The second-order valence-electron chi connectivity index (χ2n) is 28.8. The van der Waals surface area contributed by atoms with E-state index in [0.29, 0.717) is 0 Å². The molecular weight excluding hydrogens is 1410 g/mol. The molecule has 0 aromatic heterocycles. The Morgan fingerprint density at radius 3 is 0.716 bits per heavy atom. The molecule has 0 heterocycles. The number of rotatable bonds is 20. The molecule has 0 aliphatic heterocycles. The Balaban J connectivity index is 0.000000131. The van der Waals surface area contributed by atoms with Gasteiger partial charge in [-0.3, -0.25) is 0 Å². The Labute approximate surface area is 681 Å². The van der Waals surface area contributed by atoms with Gasteiger partial charge in [0, 0.05) is 113 Å². The highest BCUT2D eigenvalue weighted by atomic mass is 16.5. The molecule has 8 nitrogen and oxygen atoms in total. The largest absolute Gasteiger partial charge is 0.497 e. The fourth-order valence-electron chi connectivity index (χ4n) is 15.0. The van der Waals surface area contributed by atoms with E-state index in [1.807, 2.05) is 30.3 Å². The molecule has 0 spiro atoms. The van der Waals surface area contributed by atoms with Gasteiger partial charge in [0.05, 0.1) is 14.2 Å². The minimum absolute atomic E-state index is 0.845. The van der Waals surface area contributed by atoms with Crippen molar-refractivity contribution in [3.05, 3.63) is 442 Å². The maximum atomic E-state index is 5.42. The number of benzene rings is 18. The van der Waals surface area contributed by atoms with Crippen molar-refractivity contribution in [3.8, 4) is 44.9 Å². The summed E-state index contributed by atoms with van der Waals surface area (Å²) in [5, 5.41) is 7.37. The Morgan fingerprint density at radius 2 is 0.405 bits per heavy atom. The molecule has 0 atom stereocenters. The predicted molar refractivity (Wildman–Crippen MR) is 494 cm³/mol. The minimum atomic E-state index is 0.845. The lowest BCUT2D eigenvalue weighted by atomic mass is 10.0. The van der Waals surface area contributed by atoms with Crippen molar-refractivity contribution < 1.29 is 9.47 Å². The monoisotopic (exact) mass is 1500 g/mol. The molecule has 0 aliphatic carbocycles. The molecule has 0 amide bonds. The van der Waals surface area contributed by atoms with Crippen LogP contribution in [0.1, 0.15) is 5.56 Å². The van der Waals surface area contributed by atoms with Gasteiger partial charge < -0.3 is 38.9 Å². The molecule has 0 bridgehead atoms. The van der Waals surface area contributed by atoms with Gasteiger partial charge in [-0.15, -0.1) is 0 Å². The van der Waals surface area contributed by atoms with Crippen molar-refractivity contribution in [1.29, 1.82) is 0 Å². The van der Waals surface area contributed by atoms with Gasteiger partial charge in [-0.1, -0.05) is 237 Å². The topological polar surface area (TPSA) is 37.9 Å². The van der Waals surface area contributed by atoms with Crippen LogP contribution in [0.5, 0.6) is 11.5 Å². The van der Waals surface area contributed by atoms with E-state index in [2.05, 4.69) is 464 Å². The number of nitrogens with zero attached hydrogens (tertiary/aromatic N) is 6. The third kappa shape index (κ3) is 17.3. The van der Waals surface area contributed by atoms with Crippen LogP contribution in [-0.2, 0) is 0 Å². The summed E-state index contributed by atoms with van der Waals surface area (Å²) in [5.41, 5.74) is 25.3. The summed E-state index contributed by atoms with van der Waals surface area (Å²) in [6, 6.07) is 155. The number of hydrogen-bond acceptors (Lipinski definition) is 8. The molecule has 0 aliphatic rings. The van der Waals surface area contributed by atoms with Gasteiger partial charge in [0.25, 0.3) is 0 Å². The molecule has 0 fully saturated rings. The van der Waals surface area contributed by atoms with Gasteiger partial charge in [0.1, 0.15) is 11.5 Å². The number of fused-ring (bicyclic) bond motifs is 3. The lowest BCUT2D eigenvalue weighted by molar-refractivity contribution is 0.415. The highest BCUT2D eigenvalue weighted by Crippen LogP contribution is 2.43. The van der Waals surface area contributed by atoms with Crippen LogP contribution in [0.4, 0.5) is 85.3 Å². The van der Waals surface area contributed by atoms with Gasteiger partial charge in [0.2, 0.25) is 0 Å². The maximum absolute atomic E-state index is 5.42. The van der Waals surface area contributed by atoms with Crippen molar-refractivity contribution in [2.24, 2.45) is 0 Å². The Bertz CT molecular complexity index is 6270. The smallest absolute Gasteiger partial charge is 0.120 e. The fraction of sp³-hybridized carbons (Fsp3) is 0.0556. The second kappa shape index (κ2) is 35.2. The summed E-state index contributed by atoms with van der Waals surface area (Å²) in [6.07, 6.45) is 0. The van der Waals surface area contributed by atoms with Gasteiger partial charge in [-0.2, -0.15) is 0 Å². The molecule has 116 heavy (non-hydrogen) atoms. The Hall–Kier alpha value is -14.9. The number of methoxy groups -OCH3 is 2. The third-order valence-electron chi connectivity index (χ3n) is 21.4. The maximum Gasteiger partial charge on any atom is 0.120 e. The van der Waals surface area contributed by atoms with Crippen molar-refractivity contribution >= 4 is 118 Å². The molecule has 18 rings (SSSR count). The first-order valence-electron chi connectivity index (χ1n) is 39.2. The first-order valence-corrected chi connectivity index (χ1v) is 39.2. The number of aryl methyl sites for hydroxylation is 1. The summed E-state index contributed by atoms with van der Waals surface area (Å²) in [4.78, 5) is 13.5. The van der Waals surface area contributed by atoms with Crippen LogP contribution < -0.4 is 38.9 Å². The normalized spacial score (nSPS) is 10.8. The average Bonchev–Trinajstić information content (AvgIpc) is 0.793. The standard InChI is InChI=1S/2C36H30N2O.C36H30N2/c1-37(34-13-8-14-36(26-34)39-2)31-21-23-33(24-22-31)38(35-20-17-28-11-6-7-12-30(28)25-35)32-18-15-29(16-19-32)27-9-4-3-5-10-27;1-37(32-22-24-36(39-2)25-23-32)31-18-20-34(21-19-31)38(35-17-14-28-10-6-7-11-30(28)26-35)33-15-12-29(13-16-33)27-8-4-3-5-9-27;1-27-9-8-14-35(25-27)37(2)32-21-23-34(24-22-32)38(36-20-17-29-12-6-7-13-31(29)26-36)33-18-15-30(16-19-33)28-10-4-3-5-11-28/h2*3-26H,1-2H3;3-26H,1-2H3. The van der Waals surface area contributed by atoms with Crippen molar-refractivity contribution in [2.75, 3.05) is 64.8 Å². The summed E-state index contributed by atoms with van der Waals surface area (Å²) < 4.78 is 10.7. The minimum Gasteiger partial charge on any atom is -0.497 e. The van der Waals surface area contributed by atoms with Crippen molar-refractivity contribution in [1.82, 2.24) is 0 Å². The molecule has 18 aromatic rings. The van der Waals surface area contributed by atoms with Gasteiger partial charge in [-0.25, -0.2) is 0 Å². The van der Waals surface area contributed by atoms with Gasteiger partial charge in [-0.05, 0) is 272 Å². The number of anilines is 15. The molecular formula is C108H90N6O2. The molecule has 0 radical (unpaired) electrons. The molecule has 0 saturated heterocycles. The van der Waals surface area contributed by atoms with Crippen LogP contribution in [0, 0.1) is 6.92 Å². The van der Waals surface area contributed by atoms with Gasteiger partial charge in [0.15, 0.2) is 0 Å². The van der Waals surface area contributed by atoms with E-state index in [-0.39, 0.29) is 0 Å². The predicted octanol–water partition coefficient (Wildman–Crippen LogP) is 29.6. The molecule has 0 unspecified atom stereocenters. The highest BCUT2D eigenvalue weighted by molar-refractivity contribution is 5.93. The molecule has 8 heteroatoms. The summed E-state index contributed by atoms with van der Waals surface area (Å²) in [5.74, 6) is 1.70. The number of hydrogen-bond donors (Lipinski definition) is 0. The van der Waals surface area contributed by atoms with Crippen LogP contribution in [0.2, 0.25) is 0 Å². The first-order chi connectivity index (χ1) is 57.0. The Morgan fingerprint density at radius 1 is 0.164 bits per heavy atom.